The van der Waals surface area contributed by atoms with Gasteiger partial charge in [-0.05, 0) is 129 Å². The van der Waals surface area contributed by atoms with Crippen molar-refractivity contribution in [3.63, 3.8) is 0 Å². The highest BCUT2D eigenvalue weighted by Gasteiger charge is 2.26. The number of aryl methyl sites for hydroxylation is 2. The second kappa shape index (κ2) is 15.3. The Balaban J connectivity index is 1.28. The zero-order valence-electron chi connectivity index (χ0n) is 35.8. The van der Waals surface area contributed by atoms with E-state index in [0.717, 1.165) is 34.1 Å². The predicted octanol–water partition coefficient (Wildman–Crippen LogP) is 17.8. The van der Waals surface area contributed by atoms with Crippen molar-refractivity contribution < 1.29 is 0 Å². The summed E-state index contributed by atoms with van der Waals surface area (Å²) in [5.74, 6) is 0. The van der Waals surface area contributed by atoms with Crippen LogP contribution < -0.4 is 9.80 Å². The molecule has 0 aromatic heterocycles. The quantitative estimate of drug-likeness (QED) is 0.141. The number of rotatable bonds is 8. The summed E-state index contributed by atoms with van der Waals surface area (Å²) in [5, 5.41) is 12.3. The molecule has 0 atom stereocenters. The summed E-state index contributed by atoms with van der Waals surface area (Å²) < 4.78 is 0. The van der Waals surface area contributed by atoms with Crippen molar-refractivity contribution in [2.24, 2.45) is 0 Å². The Bertz CT molecular complexity index is 3410. The lowest BCUT2D eigenvalue weighted by Crippen LogP contribution is -2.12. The molecule has 0 saturated carbocycles. The Labute approximate surface area is 373 Å². The van der Waals surface area contributed by atoms with Gasteiger partial charge in [-0.2, -0.15) is 0 Å². The Hall–Kier alpha value is -8.20. The van der Waals surface area contributed by atoms with Crippen LogP contribution in [0.15, 0.2) is 231 Å². The molecule has 0 bridgehead atoms. The van der Waals surface area contributed by atoms with Crippen LogP contribution in [-0.2, 0) is 0 Å². The molecule has 0 unspecified atom stereocenters. The molecule has 0 aliphatic rings. The fraction of sp³-hybridized carbons (Fsp3) is 0.0323. The summed E-state index contributed by atoms with van der Waals surface area (Å²) in [6.07, 6.45) is 0. The van der Waals surface area contributed by atoms with Gasteiger partial charge in [0.05, 0.1) is 11.4 Å². The van der Waals surface area contributed by atoms with Gasteiger partial charge in [0, 0.05) is 44.3 Å². The zero-order valence-corrected chi connectivity index (χ0v) is 35.8. The molecule has 12 aromatic carbocycles. The Kier molecular flexibility index (Phi) is 8.98. The largest absolute Gasteiger partial charge is 0.310 e. The van der Waals surface area contributed by atoms with Crippen LogP contribution in [0, 0.1) is 13.8 Å². The van der Waals surface area contributed by atoms with E-state index in [4.69, 9.17) is 0 Å². The van der Waals surface area contributed by atoms with Crippen molar-refractivity contribution in [2.75, 3.05) is 9.80 Å². The summed E-state index contributed by atoms with van der Waals surface area (Å²) in [5.41, 5.74) is 14.0. The summed E-state index contributed by atoms with van der Waals surface area (Å²) >= 11 is 0. The van der Waals surface area contributed by atoms with Gasteiger partial charge >= 0.3 is 0 Å². The van der Waals surface area contributed by atoms with E-state index in [1.165, 1.54) is 87.2 Å². The van der Waals surface area contributed by atoms with E-state index in [-0.39, 0.29) is 0 Å². The van der Waals surface area contributed by atoms with Gasteiger partial charge in [-0.25, -0.2) is 0 Å². The van der Waals surface area contributed by atoms with E-state index in [0.29, 0.717) is 0 Å². The number of fused-ring (bicyclic) bond motifs is 2. The van der Waals surface area contributed by atoms with Gasteiger partial charge in [-0.1, -0.05) is 181 Å². The normalized spacial score (nSPS) is 11.6. The summed E-state index contributed by atoms with van der Waals surface area (Å²) in [6.45, 7) is 4.32. The maximum absolute atomic E-state index is 2.45. The molecule has 302 valence electrons. The molecule has 12 rings (SSSR count). The molecular formula is C62H44N2. The molecule has 0 heterocycles. The van der Waals surface area contributed by atoms with Gasteiger partial charge < -0.3 is 9.80 Å². The van der Waals surface area contributed by atoms with E-state index in [1.54, 1.807) is 0 Å². The third-order valence-electron chi connectivity index (χ3n) is 13.1. The van der Waals surface area contributed by atoms with Gasteiger partial charge in [0.1, 0.15) is 0 Å². The first-order chi connectivity index (χ1) is 31.6. The molecule has 0 N–H and O–H groups in total. The van der Waals surface area contributed by atoms with E-state index in [1.807, 2.05) is 0 Å². The van der Waals surface area contributed by atoms with E-state index < -0.39 is 0 Å². The molecule has 64 heavy (non-hydrogen) atoms. The van der Waals surface area contributed by atoms with Crippen molar-refractivity contribution >= 4 is 88.0 Å². The molecule has 0 fully saturated rings. The maximum atomic E-state index is 2.45. The smallest absolute Gasteiger partial charge is 0.0546 e. The zero-order chi connectivity index (χ0) is 42.7. The monoisotopic (exact) mass is 816 g/mol. The van der Waals surface area contributed by atoms with E-state index in [2.05, 4.69) is 254 Å². The van der Waals surface area contributed by atoms with E-state index in [9.17, 15) is 0 Å². The second-order valence-electron chi connectivity index (χ2n) is 17.0. The van der Waals surface area contributed by atoms with Gasteiger partial charge in [0.15, 0.2) is 0 Å². The number of para-hydroxylation sites is 2. The fourth-order valence-corrected chi connectivity index (χ4v) is 10.1. The first-order valence-electron chi connectivity index (χ1n) is 22.2. The molecule has 2 nitrogen and oxygen atoms in total. The Morgan fingerprint density at radius 1 is 0.250 bits per heavy atom. The first-order valence-corrected chi connectivity index (χ1v) is 22.2. The Morgan fingerprint density at radius 3 is 1.02 bits per heavy atom. The van der Waals surface area contributed by atoms with Crippen LogP contribution in [0.2, 0.25) is 0 Å². The molecule has 0 aliphatic heterocycles. The molecular weight excluding hydrogens is 773 g/mol. The lowest BCUT2D eigenvalue weighted by Gasteiger charge is -2.31. The number of hydrogen-bond donors (Lipinski definition) is 0. The van der Waals surface area contributed by atoms with Crippen molar-refractivity contribution in [3.8, 4) is 22.3 Å². The minimum absolute atomic E-state index is 1.11. The average Bonchev–Trinajstić information content (AvgIpc) is 3.35. The molecule has 0 amide bonds. The van der Waals surface area contributed by atoms with Crippen LogP contribution in [0.3, 0.4) is 0 Å². The van der Waals surface area contributed by atoms with Crippen LogP contribution in [-0.4, -0.2) is 0 Å². The van der Waals surface area contributed by atoms with Crippen LogP contribution in [0.1, 0.15) is 11.1 Å². The third-order valence-corrected chi connectivity index (χ3v) is 13.1. The van der Waals surface area contributed by atoms with Crippen molar-refractivity contribution in [1.29, 1.82) is 0 Å². The number of nitrogens with zero attached hydrogens (tertiary/aromatic N) is 2. The first kappa shape index (κ1) is 37.6. The highest BCUT2D eigenvalue weighted by molar-refractivity contribution is 6.33. The molecule has 0 spiro atoms. The lowest BCUT2D eigenvalue weighted by molar-refractivity contribution is 1.29. The maximum Gasteiger partial charge on any atom is 0.0546 e. The predicted molar refractivity (Wildman–Crippen MR) is 275 cm³/mol. The molecule has 0 saturated heterocycles. The minimum atomic E-state index is 1.11. The summed E-state index contributed by atoms with van der Waals surface area (Å²) in [6, 6.07) is 85.1. The topological polar surface area (TPSA) is 6.48 Å². The lowest BCUT2D eigenvalue weighted by atomic mass is 9.84. The van der Waals surface area contributed by atoms with Crippen molar-refractivity contribution in [3.05, 3.63) is 242 Å². The minimum Gasteiger partial charge on any atom is -0.310 e. The van der Waals surface area contributed by atoms with Gasteiger partial charge in [-0.15, -0.1) is 0 Å². The van der Waals surface area contributed by atoms with Crippen LogP contribution in [0.4, 0.5) is 34.1 Å². The van der Waals surface area contributed by atoms with Crippen LogP contribution >= 0.6 is 0 Å². The number of hydrogen-bond acceptors (Lipinski definition) is 2. The van der Waals surface area contributed by atoms with Gasteiger partial charge in [0.25, 0.3) is 0 Å². The Morgan fingerprint density at radius 2 is 0.594 bits per heavy atom. The highest BCUT2D eigenvalue weighted by Crippen LogP contribution is 2.53. The fourth-order valence-electron chi connectivity index (χ4n) is 10.1. The van der Waals surface area contributed by atoms with Crippen LogP contribution in [0.25, 0.3) is 76.1 Å². The highest BCUT2D eigenvalue weighted by atomic mass is 15.1. The molecule has 12 aromatic rings. The standard InChI is InChI=1S/C62H44N2/c1-41-27-31-47(32-28-41)63(45-19-5-3-6-20-45)59-39-57(51-25-13-17-43-15-9-11-23-49(43)51)53-36-38-56-60(64(46-21-7-4-8-22-46)48-33-29-42(2)30-34-48)40-58(54-35-37-55(59)61(53)62(54)56)52-26-14-18-44-16-10-12-24-50(44)52/h3-40H,1-2H3. The summed E-state index contributed by atoms with van der Waals surface area (Å²) in [4.78, 5) is 4.91. The van der Waals surface area contributed by atoms with Crippen molar-refractivity contribution in [2.45, 2.75) is 13.8 Å². The second-order valence-corrected chi connectivity index (χ2v) is 17.0. The summed E-state index contributed by atoms with van der Waals surface area (Å²) in [7, 11) is 0. The third kappa shape index (κ3) is 6.18. The van der Waals surface area contributed by atoms with Gasteiger partial charge in [0.2, 0.25) is 0 Å². The number of anilines is 6. The van der Waals surface area contributed by atoms with E-state index >= 15 is 0 Å². The van der Waals surface area contributed by atoms with Crippen LogP contribution in [0.5, 0.6) is 0 Å². The molecule has 2 heteroatoms. The average molecular weight is 817 g/mol. The molecule has 0 aliphatic carbocycles. The van der Waals surface area contributed by atoms with Gasteiger partial charge in [-0.3, -0.25) is 0 Å². The molecule has 0 radical (unpaired) electrons. The number of benzene rings is 12. The van der Waals surface area contributed by atoms with Crippen molar-refractivity contribution in [1.82, 2.24) is 0 Å². The SMILES string of the molecule is Cc1ccc(N(c2ccccc2)c2cc(-c3cccc4ccccc34)c3ccc4c(N(c5ccccc5)c5ccc(C)cc5)cc(-c5cccc6ccccc56)c5ccc2c3c54)cc1.